The van der Waals surface area contributed by atoms with E-state index >= 15 is 0 Å². The van der Waals surface area contributed by atoms with Gasteiger partial charge in [0.05, 0.1) is 6.42 Å². The average Bonchev–Trinajstić information content (AvgIpc) is 2.75. The Labute approximate surface area is 115 Å². The molecule has 0 aliphatic rings. The Hall–Kier alpha value is -1.23. The molecule has 1 rings (SSSR count). The lowest BCUT2D eigenvalue weighted by Gasteiger charge is -2.23. The van der Waals surface area contributed by atoms with Crippen molar-refractivity contribution in [1.29, 1.82) is 0 Å². The van der Waals surface area contributed by atoms with Crippen LogP contribution in [-0.2, 0) is 11.2 Å². The predicted molar refractivity (Wildman–Crippen MR) is 75.8 cm³/mol. The average molecular weight is 266 g/mol. The minimum absolute atomic E-state index is 0.135. The summed E-state index contributed by atoms with van der Waals surface area (Å²) in [5.41, 5.74) is 5.71. The van der Waals surface area contributed by atoms with Crippen LogP contribution in [0.2, 0.25) is 0 Å². The molecule has 0 radical (unpaired) electrons. The van der Waals surface area contributed by atoms with Gasteiger partial charge in [-0.05, 0) is 38.6 Å². The van der Waals surface area contributed by atoms with Crippen LogP contribution in [0.5, 0.6) is 0 Å². The number of aromatic nitrogens is 3. The Morgan fingerprint density at radius 2 is 2.11 bits per heavy atom. The molecule has 0 atom stereocenters. The minimum Gasteiger partial charge on any atom is -0.330 e. The van der Waals surface area contributed by atoms with E-state index < -0.39 is 0 Å². The van der Waals surface area contributed by atoms with Crippen molar-refractivity contribution in [2.24, 2.45) is 11.1 Å². The van der Waals surface area contributed by atoms with E-state index in [1.54, 1.807) is 0 Å². The summed E-state index contributed by atoms with van der Waals surface area (Å²) in [5.74, 6) is 0.983. The van der Waals surface area contributed by atoms with E-state index in [1.807, 2.05) is 18.5 Å². The van der Waals surface area contributed by atoms with Gasteiger partial charge in [0.15, 0.2) is 0 Å². The number of carbonyl (C=O) groups is 1. The maximum Gasteiger partial charge on any atom is 0.140 e. The molecule has 0 amide bonds. The van der Waals surface area contributed by atoms with Gasteiger partial charge in [-0.1, -0.05) is 13.8 Å². The molecule has 108 valence electrons. The van der Waals surface area contributed by atoms with Gasteiger partial charge < -0.3 is 5.73 Å². The van der Waals surface area contributed by atoms with Gasteiger partial charge in [0.25, 0.3) is 0 Å². The largest absolute Gasteiger partial charge is 0.330 e. The van der Waals surface area contributed by atoms with E-state index in [9.17, 15) is 4.79 Å². The quantitative estimate of drug-likeness (QED) is 0.782. The van der Waals surface area contributed by atoms with E-state index in [0.717, 1.165) is 18.7 Å². The van der Waals surface area contributed by atoms with Crippen LogP contribution in [0.3, 0.4) is 0 Å². The number of ketones is 1. The van der Waals surface area contributed by atoms with Crippen molar-refractivity contribution in [2.45, 2.75) is 59.4 Å². The smallest absolute Gasteiger partial charge is 0.140 e. The summed E-state index contributed by atoms with van der Waals surface area (Å²) >= 11 is 0. The van der Waals surface area contributed by atoms with Gasteiger partial charge in [-0.3, -0.25) is 4.79 Å². The van der Waals surface area contributed by atoms with E-state index in [-0.39, 0.29) is 17.2 Å². The van der Waals surface area contributed by atoms with Gasteiger partial charge in [-0.25, -0.2) is 9.67 Å². The summed E-state index contributed by atoms with van der Waals surface area (Å²) in [4.78, 5) is 16.2. The molecule has 0 aliphatic carbocycles. The summed E-state index contributed by atoms with van der Waals surface area (Å²) in [6, 6.07) is 0.235. The third kappa shape index (κ3) is 5.11. The maximum absolute atomic E-state index is 12.0. The highest BCUT2D eigenvalue weighted by molar-refractivity contribution is 5.80. The molecule has 1 heterocycles. The fourth-order valence-electron chi connectivity index (χ4n) is 2.09. The molecule has 0 aliphatic heterocycles. The number of Topliss-reactive ketones (excluding diaryl/α,β-unsaturated/α-hetero) is 1. The molecule has 1 aromatic heterocycles. The first-order valence-electron chi connectivity index (χ1n) is 6.96. The molecular weight excluding hydrogens is 240 g/mol. The Kier molecular flexibility index (Phi) is 5.66. The van der Waals surface area contributed by atoms with E-state index in [2.05, 4.69) is 23.9 Å². The Bertz CT molecular complexity index is 409. The zero-order valence-corrected chi connectivity index (χ0v) is 12.5. The van der Waals surface area contributed by atoms with Gasteiger partial charge in [0, 0.05) is 12.5 Å². The fraction of sp³-hybridized carbons (Fsp3) is 0.786. The number of carbonyl (C=O) groups excluding carboxylic acids is 1. The van der Waals surface area contributed by atoms with Crippen molar-refractivity contribution in [1.82, 2.24) is 14.8 Å². The van der Waals surface area contributed by atoms with Crippen molar-refractivity contribution in [3.63, 3.8) is 0 Å². The second-order valence-electron chi connectivity index (χ2n) is 6.13. The summed E-state index contributed by atoms with van der Waals surface area (Å²) in [5, 5.41) is 4.14. The van der Waals surface area contributed by atoms with Crippen molar-refractivity contribution in [3.8, 4) is 0 Å². The van der Waals surface area contributed by atoms with Crippen molar-refractivity contribution >= 4 is 5.78 Å². The SMILES string of the molecule is CC(C)n1ncnc1CC(=O)CCC(C)(C)CCN. The van der Waals surface area contributed by atoms with Gasteiger partial charge in [-0.15, -0.1) is 0 Å². The summed E-state index contributed by atoms with van der Waals surface area (Å²) in [6.45, 7) is 9.05. The molecule has 0 saturated carbocycles. The first-order chi connectivity index (χ1) is 8.85. The predicted octanol–water partition coefficient (Wildman–Crippen LogP) is 2.13. The molecule has 0 fully saturated rings. The number of nitrogens with two attached hydrogens (primary N) is 1. The Morgan fingerprint density at radius 3 is 2.68 bits per heavy atom. The van der Waals surface area contributed by atoms with Crippen molar-refractivity contribution in [2.75, 3.05) is 6.54 Å². The highest BCUT2D eigenvalue weighted by Gasteiger charge is 2.19. The Balaban J connectivity index is 2.49. The van der Waals surface area contributed by atoms with Crippen LogP contribution in [0, 0.1) is 5.41 Å². The molecule has 1 aromatic rings. The highest BCUT2D eigenvalue weighted by Crippen LogP contribution is 2.26. The van der Waals surface area contributed by atoms with Crippen molar-refractivity contribution in [3.05, 3.63) is 12.2 Å². The molecule has 0 spiro atoms. The van der Waals surface area contributed by atoms with Gasteiger partial charge >= 0.3 is 0 Å². The second kappa shape index (κ2) is 6.80. The van der Waals surface area contributed by atoms with Gasteiger partial charge in [0.2, 0.25) is 0 Å². The normalized spacial score (nSPS) is 12.1. The lowest BCUT2D eigenvalue weighted by Crippen LogP contribution is -2.19. The number of hydrogen-bond acceptors (Lipinski definition) is 4. The highest BCUT2D eigenvalue weighted by atomic mass is 16.1. The summed E-state index contributed by atoms with van der Waals surface area (Å²) < 4.78 is 1.81. The lowest BCUT2D eigenvalue weighted by molar-refractivity contribution is -0.119. The fourth-order valence-corrected chi connectivity index (χ4v) is 2.09. The van der Waals surface area contributed by atoms with Crippen LogP contribution < -0.4 is 5.73 Å². The standard InChI is InChI=1S/C14H26N4O/c1-11(2)18-13(16-10-17-18)9-12(19)5-6-14(3,4)7-8-15/h10-11H,5-9,15H2,1-4H3. The Morgan fingerprint density at radius 1 is 1.42 bits per heavy atom. The third-order valence-corrected chi connectivity index (χ3v) is 3.39. The molecule has 0 bridgehead atoms. The van der Waals surface area contributed by atoms with Crippen LogP contribution >= 0.6 is 0 Å². The number of hydrogen-bond donors (Lipinski definition) is 1. The summed E-state index contributed by atoms with van der Waals surface area (Å²) in [6.07, 6.45) is 4.29. The van der Waals surface area contributed by atoms with E-state index in [1.165, 1.54) is 6.33 Å². The molecule has 5 nitrogen and oxygen atoms in total. The van der Waals surface area contributed by atoms with Crippen molar-refractivity contribution < 1.29 is 4.79 Å². The molecule has 0 aromatic carbocycles. The van der Waals surface area contributed by atoms with Crippen LogP contribution in [0.1, 0.15) is 58.8 Å². The third-order valence-electron chi connectivity index (χ3n) is 3.39. The molecule has 0 saturated heterocycles. The molecule has 0 unspecified atom stereocenters. The monoisotopic (exact) mass is 266 g/mol. The van der Waals surface area contributed by atoms with Crippen LogP contribution in [0.25, 0.3) is 0 Å². The summed E-state index contributed by atoms with van der Waals surface area (Å²) in [7, 11) is 0. The second-order valence-corrected chi connectivity index (χ2v) is 6.13. The van der Waals surface area contributed by atoms with E-state index in [0.29, 0.717) is 19.4 Å². The first-order valence-corrected chi connectivity index (χ1v) is 6.96. The molecule has 5 heteroatoms. The molecule has 2 N–H and O–H groups in total. The van der Waals surface area contributed by atoms with E-state index in [4.69, 9.17) is 5.73 Å². The van der Waals surface area contributed by atoms with Gasteiger partial charge in [-0.2, -0.15) is 5.10 Å². The topological polar surface area (TPSA) is 73.8 Å². The zero-order chi connectivity index (χ0) is 14.5. The molecule has 19 heavy (non-hydrogen) atoms. The van der Waals surface area contributed by atoms with Gasteiger partial charge in [0.1, 0.15) is 17.9 Å². The zero-order valence-electron chi connectivity index (χ0n) is 12.5. The number of rotatable bonds is 8. The van der Waals surface area contributed by atoms with Crippen LogP contribution in [0.4, 0.5) is 0 Å². The lowest BCUT2D eigenvalue weighted by atomic mass is 9.83. The maximum atomic E-state index is 12.0. The number of nitrogens with zero attached hydrogens (tertiary/aromatic N) is 3. The van der Waals surface area contributed by atoms with Crippen LogP contribution in [-0.4, -0.2) is 27.1 Å². The first kappa shape index (κ1) is 15.8. The molecular formula is C14H26N4O. The minimum atomic E-state index is 0.135. The van der Waals surface area contributed by atoms with Crippen LogP contribution in [0.15, 0.2) is 6.33 Å².